The lowest BCUT2D eigenvalue weighted by Gasteiger charge is -2.29. The van der Waals surface area contributed by atoms with Crippen molar-refractivity contribution in [2.45, 2.75) is 25.9 Å². The zero-order chi connectivity index (χ0) is 13.0. The number of para-hydroxylation sites is 1. The number of rotatable bonds is 5. The highest BCUT2D eigenvalue weighted by molar-refractivity contribution is 5.56. The van der Waals surface area contributed by atoms with Gasteiger partial charge in [0, 0.05) is 26.2 Å². The number of halogens is 1. The number of likely N-dealkylation sites (N-methyl/N-ethyl adjacent to an activating group) is 1. The van der Waals surface area contributed by atoms with Gasteiger partial charge in [-0.1, -0.05) is 12.1 Å². The third kappa shape index (κ3) is 3.17. The van der Waals surface area contributed by atoms with Gasteiger partial charge in [0.25, 0.3) is 0 Å². The molecule has 4 heteroatoms. The molecule has 0 saturated carbocycles. The van der Waals surface area contributed by atoms with Gasteiger partial charge in [0.1, 0.15) is 5.82 Å². The van der Waals surface area contributed by atoms with E-state index >= 15 is 0 Å². The molecule has 1 aromatic rings. The number of anilines is 1. The number of nitrogens with two attached hydrogens (primary N) is 1. The molecule has 3 nitrogen and oxygen atoms in total. The third-order valence-corrected chi connectivity index (χ3v) is 2.93. The van der Waals surface area contributed by atoms with Gasteiger partial charge in [0.15, 0.2) is 0 Å². The molecule has 0 aromatic heterocycles. The Hall–Kier alpha value is -1.13. The molecule has 0 bridgehead atoms. The van der Waals surface area contributed by atoms with Crippen molar-refractivity contribution in [2.75, 3.05) is 25.7 Å². The van der Waals surface area contributed by atoms with Crippen LogP contribution in [0.15, 0.2) is 18.2 Å². The van der Waals surface area contributed by atoms with E-state index in [2.05, 4.69) is 0 Å². The zero-order valence-corrected chi connectivity index (χ0v) is 10.9. The van der Waals surface area contributed by atoms with Crippen LogP contribution in [0.1, 0.15) is 25.5 Å². The van der Waals surface area contributed by atoms with Crippen LogP contribution in [0.2, 0.25) is 0 Å². The second kappa shape index (κ2) is 5.98. The Bertz CT molecular complexity index is 368. The molecule has 17 heavy (non-hydrogen) atoms. The predicted molar refractivity (Wildman–Crippen MR) is 68.7 cm³/mol. The van der Waals surface area contributed by atoms with E-state index in [1.807, 2.05) is 31.9 Å². The Kier molecular flexibility index (Phi) is 4.90. The molecule has 0 aliphatic heterocycles. The van der Waals surface area contributed by atoms with E-state index in [9.17, 15) is 4.39 Å². The van der Waals surface area contributed by atoms with Crippen LogP contribution in [0.5, 0.6) is 0 Å². The number of ether oxygens (including phenoxy) is 1. The standard InChI is InChI=1S/C13H21FN2O/c1-9(8-17-4)16(3)13-11(10(2)15)6-5-7-12(13)14/h5-7,9-10H,8,15H2,1-4H3/t9?,10-/m1/s1. The van der Waals surface area contributed by atoms with Crippen LogP contribution in [0.25, 0.3) is 0 Å². The maximum atomic E-state index is 13.9. The molecule has 1 unspecified atom stereocenters. The summed E-state index contributed by atoms with van der Waals surface area (Å²) in [6.07, 6.45) is 0. The smallest absolute Gasteiger partial charge is 0.146 e. The van der Waals surface area contributed by atoms with Crippen molar-refractivity contribution in [3.05, 3.63) is 29.6 Å². The quantitative estimate of drug-likeness (QED) is 0.858. The van der Waals surface area contributed by atoms with Crippen LogP contribution in [0.4, 0.5) is 10.1 Å². The molecule has 1 aromatic carbocycles. The van der Waals surface area contributed by atoms with E-state index in [4.69, 9.17) is 10.5 Å². The topological polar surface area (TPSA) is 38.5 Å². The maximum absolute atomic E-state index is 13.9. The normalized spacial score (nSPS) is 14.5. The van der Waals surface area contributed by atoms with E-state index in [0.717, 1.165) is 5.56 Å². The molecule has 0 radical (unpaired) electrons. The number of hydrogen-bond donors (Lipinski definition) is 1. The number of nitrogens with zero attached hydrogens (tertiary/aromatic N) is 1. The molecule has 0 aliphatic carbocycles. The van der Waals surface area contributed by atoms with Gasteiger partial charge in [-0.15, -0.1) is 0 Å². The van der Waals surface area contributed by atoms with E-state index < -0.39 is 0 Å². The minimum Gasteiger partial charge on any atom is -0.383 e. The summed E-state index contributed by atoms with van der Waals surface area (Å²) in [6.45, 7) is 4.39. The van der Waals surface area contributed by atoms with Crippen LogP contribution >= 0.6 is 0 Å². The summed E-state index contributed by atoms with van der Waals surface area (Å²) < 4.78 is 19.0. The van der Waals surface area contributed by atoms with Crippen molar-refractivity contribution in [3.63, 3.8) is 0 Å². The van der Waals surface area contributed by atoms with Gasteiger partial charge in [-0.25, -0.2) is 4.39 Å². The first-order valence-corrected chi connectivity index (χ1v) is 5.74. The highest BCUT2D eigenvalue weighted by Gasteiger charge is 2.19. The van der Waals surface area contributed by atoms with Gasteiger partial charge in [-0.05, 0) is 25.5 Å². The van der Waals surface area contributed by atoms with Crippen LogP contribution < -0.4 is 10.6 Å². The van der Waals surface area contributed by atoms with Crippen LogP contribution in [-0.2, 0) is 4.74 Å². The first-order valence-electron chi connectivity index (χ1n) is 5.74. The maximum Gasteiger partial charge on any atom is 0.146 e. The molecule has 0 amide bonds. The summed E-state index contributed by atoms with van der Waals surface area (Å²) in [4.78, 5) is 1.87. The molecule has 0 saturated heterocycles. The van der Waals surface area contributed by atoms with E-state index in [-0.39, 0.29) is 17.9 Å². The number of hydrogen-bond acceptors (Lipinski definition) is 3. The summed E-state index contributed by atoms with van der Waals surface area (Å²) in [5.41, 5.74) is 7.25. The lowest BCUT2D eigenvalue weighted by atomic mass is 10.0. The molecule has 2 N–H and O–H groups in total. The van der Waals surface area contributed by atoms with E-state index in [0.29, 0.717) is 12.3 Å². The van der Waals surface area contributed by atoms with Crippen LogP contribution in [0, 0.1) is 5.82 Å². The fraction of sp³-hybridized carbons (Fsp3) is 0.538. The highest BCUT2D eigenvalue weighted by atomic mass is 19.1. The van der Waals surface area contributed by atoms with Crippen LogP contribution in [0.3, 0.4) is 0 Å². The van der Waals surface area contributed by atoms with Crippen molar-refractivity contribution >= 4 is 5.69 Å². The zero-order valence-electron chi connectivity index (χ0n) is 10.9. The predicted octanol–water partition coefficient (Wildman–Crippen LogP) is 2.32. The Labute approximate surface area is 102 Å². The fourth-order valence-electron chi connectivity index (χ4n) is 1.84. The highest BCUT2D eigenvalue weighted by Crippen LogP contribution is 2.28. The van der Waals surface area contributed by atoms with Crippen molar-refractivity contribution in [2.24, 2.45) is 5.73 Å². The average Bonchev–Trinajstić information content (AvgIpc) is 2.28. The van der Waals surface area contributed by atoms with Gasteiger partial charge in [-0.2, -0.15) is 0 Å². The Balaban J connectivity index is 3.10. The van der Waals surface area contributed by atoms with E-state index in [1.54, 1.807) is 13.2 Å². The Morgan fingerprint density at radius 2 is 2.06 bits per heavy atom. The minimum absolute atomic E-state index is 0.0920. The second-order valence-electron chi connectivity index (χ2n) is 4.38. The Morgan fingerprint density at radius 3 is 2.59 bits per heavy atom. The van der Waals surface area contributed by atoms with Crippen LogP contribution in [-0.4, -0.2) is 26.8 Å². The fourth-order valence-corrected chi connectivity index (χ4v) is 1.84. The van der Waals surface area contributed by atoms with Crippen molar-refractivity contribution in [1.82, 2.24) is 0 Å². The molecule has 96 valence electrons. The third-order valence-electron chi connectivity index (χ3n) is 2.93. The van der Waals surface area contributed by atoms with Gasteiger partial charge in [0.05, 0.1) is 12.3 Å². The number of benzene rings is 1. The summed E-state index contributed by atoms with van der Waals surface area (Å²) in [7, 11) is 3.49. The molecule has 0 aliphatic rings. The first kappa shape index (κ1) is 13.9. The molecule has 2 atom stereocenters. The largest absolute Gasteiger partial charge is 0.383 e. The SMILES string of the molecule is COCC(C)N(C)c1c(F)cccc1[C@@H](C)N. The summed E-state index contributed by atoms with van der Waals surface area (Å²) in [6, 6.07) is 4.90. The second-order valence-corrected chi connectivity index (χ2v) is 4.38. The first-order chi connectivity index (χ1) is 7.99. The van der Waals surface area contributed by atoms with E-state index in [1.165, 1.54) is 6.07 Å². The molecular weight excluding hydrogens is 219 g/mol. The van der Waals surface area contributed by atoms with Crippen molar-refractivity contribution < 1.29 is 9.13 Å². The number of methoxy groups -OCH3 is 1. The summed E-state index contributed by atoms with van der Waals surface area (Å²) >= 11 is 0. The van der Waals surface area contributed by atoms with Gasteiger partial charge in [0.2, 0.25) is 0 Å². The summed E-state index contributed by atoms with van der Waals surface area (Å²) in [5, 5.41) is 0. The molecule has 0 heterocycles. The van der Waals surface area contributed by atoms with Crippen molar-refractivity contribution in [1.29, 1.82) is 0 Å². The lowest BCUT2D eigenvalue weighted by molar-refractivity contribution is 0.183. The van der Waals surface area contributed by atoms with Gasteiger partial charge in [-0.3, -0.25) is 0 Å². The monoisotopic (exact) mass is 240 g/mol. The minimum atomic E-state index is -0.245. The summed E-state index contributed by atoms with van der Waals surface area (Å²) in [5.74, 6) is -0.245. The Morgan fingerprint density at radius 1 is 1.41 bits per heavy atom. The molecule has 1 rings (SSSR count). The van der Waals surface area contributed by atoms with Gasteiger partial charge < -0.3 is 15.4 Å². The average molecular weight is 240 g/mol. The molecule has 0 spiro atoms. The lowest BCUT2D eigenvalue weighted by Crippen LogP contribution is -2.34. The molecular formula is C13H21FN2O. The van der Waals surface area contributed by atoms with Crippen molar-refractivity contribution in [3.8, 4) is 0 Å². The molecule has 0 fully saturated rings. The van der Waals surface area contributed by atoms with Gasteiger partial charge >= 0.3 is 0 Å².